The summed E-state index contributed by atoms with van der Waals surface area (Å²) in [6.07, 6.45) is 0. The van der Waals surface area contributed by atoms with E-state index in [1.54, 1.807) is 6.07 Å². The molecule has 1 aliphatic rings. The molecular formula is C11H15N3O. The molecule has 0 spiro atoms. The molecule has 1 aliphatic heterocycles. The van der Waals surface area contributed by atoms with Gasteiger partial charge in [-0.2, -0.15) is 0 Å². The molecule has 0 saturated carbocycles. The van der Waals surface area contributed by atoms with Crippen molar-refractivity contribution < 1.29 is 4.79 Å². The molecule has 0 atom stereocenters. The Kier molecular flexibility index (Phi) is 2.99. The number of nitrogens with one attached hydrogen (secondary N) is 2. The summed E-state index contributed by atoms with van der Waals surface area (Å²) in [5.74, 6) is -0.373. The summed E-state index contributed by atoms with van der Waals surface area (Å²) in [5, 5.41) is 6.58. The summed E-state index contributed by atoms with van der Waals surface area (Å²) >= 11 is 0. The first-order chi connectivity index (χ1) is 7.25. The van der Waals surface area contributed by atoms with Crippen molar-refractivity contribution in [2.24, 2.45) is 5.73 Å². The van der Waals surface area contributed by atoms with Crippen molar-refractivity contribution in [3.8, 4) is 0 Å². The van der Waals surface area contributed by atoms with Gasteiger partial charge in [0.25, 0.3) is 0 Å². The fourth-order valence-corrected chi connectivity index (χ4v) is 1.53. The first-order valence-electron chi connectivity index (χ1n) is 5.08. The Morgan fingerprint density at radius 1 is 1.53 bits per heavy atom. The summed E-state index contributed by atoms with van der Waals surface area (Å²) in [6.45, 7) is 2.83. The van der Waals surface area contributed by atoms with Crippen LogP contribution in [0.15, 0.2) is 24.3 Å². The standard InChI is InChI=1S/C11H15N3O/c12-11(15)9-3-1-2-8(4-9)5-14-10-6-13-7-10/h1-4,10,13-14H,5-7H2,(H2,12,15). The molecule has 4 N–H and O–H groups in total. The van der Waals surface area contributed by atoms with Crippen LogP contribution in [0, 0.1) is 0 Å². The highest BCUT2D eigenvalue weighted by Crippen LogP contribution is 2.05. The maximum Gasteiger partial charge on any atom is 0.248 e. The second kappa shape index (κ2) is 4.42. The number of carbonyl (C=O) groups excluding carboxylic acids is 1. The van der Waals surface area contributed by atoms with Crippen molar-refractivity contribution in [3.63, 3.8) is 0 Å². The zero-order chi connectivity index (χ0) is 10.7. The average molecular weight is 205 g/mol. The summed E-state index contributed by atoms with van der Waals surface area (Å²) < 4.78 is 0. The van der Waals surface area contributed by atoms with E-state index < -0.39 is 0 Å². The monoisotopic (exact) mass is 205 g/mol. The Morgan fingerprint density at radius 2 is 2.33 bits per heavy atom. The predicted octanol–water partition coefficient (Wildman–Crippen LogP) is -0.153. The van der Waals surface area contributed by atoms with E-state index in [2.05, 4.69) is 10.6 Å². The molecule has 1 aromatic carbocycles. The number of benzene rings is 1. The van der Waals surface area contributed by atoms with Gasteiger partial charge in [0, 0.05) is 31.2 Å². The van der Waals surface area contributed by atoms with Crippen LogP contribution in [-0.2, 0) is 6.54 Å². The lowest BCUT2D eigenvalue weighted by Gasteiger charge is -2.28. The minimum atomic E-state index is -0.373. The molecule has 0 bridgehead atoms. The number of primary amides is 1. The van der Waals surface area contributed by atoms with Gasteiger partial charge in [-0.1, -0.05) is 12.1 Å². The van der Waals surface area contributed by atoms with Crippen molar-refractivity contribution >= 4 is 5.91 Å². The largest absolute Gasteiger partial charge is 0.366 e. The van der Waals surface area contributed by atoms with E-state index in [0.29, 0.717) is 11.6 Å². The Hall–Kier alpha value is -1.39. The highest BCUT2D eigenvalue weighted by Gasteiger charge is 2.15. The van der Waals surface area contributed by atoms with E-state index in [1.165, 1.54) is 0 Å². The Morgan fingerprint density at radius 3 is 2.93 bits per heavy atom. The van der Waals surface area contributed by atoms with Gasteiger partial charge in [-0.15, -0.1) is 0 Å². The van der Waals surface area contributed by atoms with Crippen LogP contribution in [0.4, 0.5) is 0 Å². The highest BCUT2D eigenvalue weighted by molar-refractivity contribution is 5.92. The minimum absolute atomic E-state index is 0.373. The third kappa shape index (κ3) is 2.55. The van der Waals surface area contributed by atoms with Gasteiger partial charge in [-0.25, -0.2) is 0 Å². The fraction of sp³-hybridized carbons (Fsp3) is 0.364. The van der Waals surface area contributed by atoms with Gasteiger partial charge in [0.05, 0.1) is 0 Å². The topological polar surface area (TPSA) is 67.2 Å². The first-order valence-corrected chi connectivity index (χ1v) is 5.08. The van der Waals surface area contributed by atoms with Gasteiger partial charge < -0.3 is 16.4 Å². The van der Waals surface area contributed by atoms with E-state index in [-0.39, 0.29) is 5.91 Å². The summed E-state index contributed by atoms with van der Waals surface area (Å²) in [5.41, 5.74) is 6.87. The number of carbonyl (C=O) groups is 1. The zero-order valence-corrected chi connectivity index (χ0v) is 8.49. The van der Waals surface area contributed by atoms with Gasteiger partial charge in [0.15, 0.2) is 0 Å². The molecule has 1 aromatic rings. The normalized spacial score (nSPS) is 16.0. The van der Waals surface area contributed by atoms with Gasteiger partial charge in [0.1, 0.15) is 0 Å². The number of hydrogen-bond acceptors (Lipinski definition) is 3. The van der Waals surface area contributed by atoms with Crippen LogP contribution in [-0.4, -0.2) is 25.0 Å². The van der Waals surface area contributed by atoms with Gasteiger partial charge in [0.2, 0.25) is 5.91 Å². The lowest BCUT2D eigenvalue weighted by Crippen LogP contribution is -2.54. The molecular weight excluding hydrogens is 190 g/mol. The van der Waals surface area contributed by atoms with Crippen molar-refractivity contribution in [1.29, 1.82) is 0 Å². The van der Waals surface area contributed by atoms with E-state index in [4.69, 9.17) is 5.73 Å². The molecule has 80 valence electrons. The van der Waals surface area contributed by atoms with Crippen molar-refractivity contribution in [3.05, 3.63) is 35.4 Å². The Balaban J connectivity index is 1.94. The van der Waals surface area contributed by atoms with Crippen molar-refractivity contribution in [1.82, 2.24) is 10.6 Å². The van der Waals surface area contributed by atoms with Crippen LogP contribution in [0.2, 0.25) is 0 Å². The third-order valence-electron chi connectivity index (χ3n) is 2.59. The number of hydrogen-bond donors (Lipinski definition) is 3. The molecule has 0 unspecified atom stereocenters. The molecule has 2 rings (SSSR count). The zero-order valence-electron chi connectivity index (χ0n) is 8.49. The van der Waals surface area contributed by atoms with Crippen LogP contribution in [0.25, 0.3) is 0 Å². The fourth-order valence-electron chi connectivity index (χ4n) is 1.53. The van der Waals surface area contributed by atoms with Crippen LogP contribution < -0.4 is 16.4 Å². The van der Waals surface area contributed by atoms with Gasteiger partial charge in [-0.3, -0.25) is 4.79 Å². The summed E-state index contributed by atoms with van der Waals surface area (Å²) in [7, 11) is 0. The summed E-state index contributed by atoms with van der Waals surface area (Å²) in [6, 6.07) is 7.97. The lowest BCUT2D eigenvalue weighted by molar-refractivity contribution is 0.1000. The highest BCUT2D eigenvalue weighted by atomic mass is 16.1. The lowest BCUT2D eigenvalue weighted by atomic mass is 10.1. The molecule has 0 radical (unpaired) electrons. The minimum Gasteiger partial charge on any atom is -0.366 e. The maximum atomic E-state index is 11.0. The number of rotatable bonds is 4. The van der Waals surface area contributed by atoms with Crippen molar-refractivity contribution in [2.75, 3.05) is 13.1 Å². The predicted molar refractivity (Wildman–Crippen MR) is 58.5 cm³/mol. The molecule has 15 heavy (non-hydrogen) atoms. The van der Waals surface area contributed by atoms with E-state index >= 15 is 0 Å². The van der Waals surface area contributed by atoms with Crippen LogP contribution in [0.1, 0.15) is 15.9 Å². The maximum absolute atomic E-state index is 11.0. The average Bonchev–Trinajstić information content (AvgIpc) is 2.16. The molecule has 0 aromatic heterocycles. The van der Waals surface area contributed by atoms with Gasteiger partial charge >= 0.3 is 0 Å². The van der Waals surface area contributed by atoms with Crippen LogP contribution in [0.5, 0.6) is 0 Å². The number of amides is 1. The third-order valence-corrected chi connectivity index (χ3v) is 2.59. The molecule has 1 saturated heterocycles. The van der Waals surface area contributed by atoms with Crippen molar-refractivity contribution in [2.45, 2.75) is 12.6 Å². The smallest absolute Gasteiger partial charge is 0.248 e. The molecule has 4 heteroatoms. The first kappa shape index (κ1) is 10.1. The molecule has 1 amide bonds. The Labute approximate surface area is 88.9 Å². The Bertz CT molecular complexity index is 361. The van der Waals surface area contributed by atoms with Crippen LogP contribution >= 0.6 is 0 Å². The molecule has 4 nitrogen and oxygen atoms in total. The SMILES string of the molecule is NC(=O)c1cccc(CNC2CNC2)c1. The molecule has 1 fully saturated rings. The van der Waals surface area contributed by atoms with Gasteiger partial charge in [-0.05, 0) is 17.7 Å². The quantitative estimate of drug-likeness (QED) is 0.640. The van der Waals surface area contributed by atoms with E-state index in [1.807, 2.05) is 18.2 Å². The molecule has 0 aliphatic carbocycles. The number of nitrogens with two attached hydrogens (primary N) is 1. The second-order valence-corrected chi connectivity index (χ2v) is 3.80. The summed E-state index contributed by atoms with van der Waals surface area (Å²) in [4.78, 5) is 11.0. The van der Waals surface area contributed by atoms with E-state index in [9.17, 15) is 4.79 Å². The molecule has 1 heterocycles. The van der Waals surface area contributed by atoms with E-state index in [0.717, 1.165) is 25.2 Å². The van der Waals surface area contributed by atoms with Crippen LogP contribution in [0.3, 0.4) is 0 Å². The second-order valence-electron chi connectivity index (χ2n) is 3.80.